The predicted octanol–water partition coefficient (Wildman–Crippen LogP) is 1.84. The number of carbonyl (C=O) groups excluding carboxylic acids is 2. The van der Waals surface area contributed by atoms with Crippen LogP contribution in [0, 0.1) is 0 Å². The predicted molar refractivity (Wildman–Crippen MR) is 90.1 cm³/mol. The minimum Gasteiger partial charge on any atom is -0.366 e. The second-order valence-corrected chi connectivity index (χ2v) is 6.93. The van der Waals surface area contributed by atoms with Crippen LogP contribution in [0.2, 0.25) is 0 Å². The standard InChI is InChI=1S/C17H17NO5S/c18-17(20)16-11-12(10-14(19)8-9-24(21,22)23)6-7-15(16)13-4-2-1-3-5-13/h1-7,11H,8-10H2,(H2,18,20)(H,21,22,23). The Balaban J connectivity index is 2.23. The first-order chi connectivity index (χ1) is 11.3. The molecule has 7 heteroatoms. The van der Waals surface area contributed by atoms with Gasteiger partial charge in [-0.25, -0.2) is 0 Å². The van der Waals surface area contributed by atoms with Gasteiger partial charge in [0.15, 0.2) is 0 Å². The summed E-state index contributed by atoms with van der Waals surface area (Å²) in [6, 6.07) is 14.2. The zero-order valence-corrected chi connectivity index (χ0v) is 13.6. The van der Waals surface area contributed by atoms with Crippen molar-refractivity contribution in [1.29, 1.82) is 0 Å². The summed E-state index contributed by atoms with van der Waals surface area (Å²) in [5.41, 5.74) is 7.78. The number of nitrogens with two attached hydrogens (primary N) is 1. The van der Waals surface area contributed by atoms with Crippen molar-refractivity contribution in [3.8, 4) is 11.1 Å². The average molecular weight is 347 g/mol. The number of hydrogen-bond acceptors (Lipinski definition) is 4. The lowest BCUT2D eigenvalue weighted by molar-refractivity contribution is -0.118. The summed E-state index contributed by atoms with van der Waals surface area (Å²) in [6.45, 7) is 0. The first kappa shape index (κ1) is 17.8. The van der Waals surface area contributed by atoms with Gasteiger partial charge in [0.25, 0.3) is 10.1 Å². The SMILES string of the molecule is NC(=O)c1cc(CC(=O)CCS(=O)(=O)O)ccc1-c1ccccc1. The van der Waals surface area contributed by atoms with Crippen molar-refractivity contribution < 1.29 is 22.6 Å². The fourth-order valence-corrected chi connectivity index (χ4v) is 2.82. The molecule has 0 saturated carbocycles. The molecule has 0 heterocycles. The van der Waals surface area contributed by atoms with Crippen molar-refractivity contribution in [2.24, 2.45) is 5.73 Å². The van der Waals surface area contributed by atoms with Crippen LogP contribution in [0.1, 0.15) is 22.3 Å². The molecule has 0 atom stereocenters. The van der Waals surface area contributed by atoms with Crippen molar-refractivity contribution in [2.75, 3.05) is 5.75 Å². The maximum atomic E-state index is 11.8. The fraction of sp³-hybridized carbons (Fsp3) is 0.176. The Morgan fingerprint density at radius 2 is 1.71 bits per heavy atom. The second-order valence-electron chi connectivity index (χ2n) is 5.36. The maximum absolute atomic E-state index is 11.8. The normalized spacial score (nSPS) is 11.2. The van der Waals surface area contributed by atoms with Crippen LogP contribution in [0.15, 0.2) is 48.5 Å². The van der Waals surface area contributed by atoms with Crippen molar-refractivity contribution in [1.82, 2.24) is 0 Å². The van der Waals surface area contributed by atoms with Gasteiger partial charge >= 0.3 is 0 Å². The van der Waals surface area contributed by atoms with Gasteiger partial charge in [-0.05, 0) is 22.8 Å². The van der Waals surface area contributed by atoms with Gasteiger partial charge in [-0.3, -0.25) is 14.1 Å². The van der Waals surface area contributed by atoms with Gasteiger partial charge in [0.2, 0.25) is 5.91 Å². The van der Waals surface area contributed by atoms with Crippen LogP contribution in [0.4, 0.5) is 0 Å². The summed E-state index contributed by atoms with van der Waals surface area (Å²) < 4.78 is 30.0. The number of amides is 1. The Morgan fingerprint density at radius 1 is 1.04 bits per heavy atom. The van der Waals surface area contributed by atoms with E-state index in [2.05, 4.69) is 0 Å². The summed E-state index contributed by atoms with van der Waals surface area (Å²) in [6.07, 6.45) is -0.323. The van der Waals surface area contributed by atoms with Gasteiger partial charge in [0.05, 0.1) is 5.75 Å². The van der Waals surface area contributed by atoms with Crippen LogP contribution in [0.3, 0.4) is 0 Å². The highest BCUT2D eigenvalue weighted by Crippen LogP contribution is 2.24. The number of hydrogen-bond donors (Lipinski definition) is 2. The van der Waals surface area contributed by atoms with Gasteiger partial charge in [0.1, 0.15) is 5.78 Å². The third-order valence-corrected chi connectivity index (χ3v) is 4.19. The van der Waals surface area contributed by atoms with Crippen molar-refractivity contribution in [3.05, 3.63) is 59.7 Å². The molecule has 24 heavy (non-hydrogen) atoms. The Kier molecular flexibility index (Phi) is 5.48. The van der Waals surface area contributed by atoms with Crippen LogP contribution < -0.4 is 5.73 Å². The van der Waals surface area contributed by atoms with Crippen molar-refractivity contribution in [3.63, 3.8) is 0 Å². The van der Waals surface area contributed by atoms with E-state index in [4.69, 9.17) is 10.3 Å². The van der Waals surface area contributed by atoms with E-state index in [0.717, 1.165) is 5.56 Å². The summed E-state index contributed by atoms with van der Waals surface area (Å²) in [5, 5.41) is 0. The highest BCUT2D eigenvalue weighted by atomic mass is 32.2. The molecule has 2 aromatic rings. The zero-order valence-electron chi connectivity index (χ0n) is 12.8. The summed E-state index contributed by atoms with van der Waals surface area (Å²) in [4.78, 5) is 23.5. The Morgan fingerprint density at radius 3 is 2.29 bits per heavy atom. The molecule has 0 unspecified atom stereocenters. The van der Waals surface area contributed by atoms with Crippen molar-refractivity contribution in [2.45, 2.75) is 12.8 Å². The smallest absolute Gasteiger partial charge is 0.265 e. The van der Waals surface area contributed by atoms with Gasteiger partial charge in [-0.2, -0.15) is 8.42 Å². The minimum atomic E-state index is -4.17. The minimum absolute atomic E-state index is 0.0368. The molecule has 0 bridgehead atoms. The molecule has 1 amide bonds. The average Bonchev–Trinajstić information content (AvgIpc) is 2.53. The van der Waals surface area contributed by atoms with Crippen LogP contribution >= 0.6 is 0 Å². The molecule has 0 aromatic heterocycles. The second kappa shape index (κ2) is 7.37. The Hall–Kier alpha value is -2.51. The molecule has 3 N–H and O–H groups in total. The van der Waals surface area contributed by atoms with Crippen molar-refractivity contribution >= 4 is 21.8 Å². The first-order valence-corrected chi connectivity index (χ1v) is 8.82. The molecule has 0 spiro atoms. The quantitative estimate of drug-likeness (QED) is 0.742. The molecule has 6 nitrogen and oxygen atoms in total. The topological polar surface area (TPSA) is 115 Å². The molecular weight excluding hydrogens is 330 g/mol. The number of Topliss-reactive ketones (excluding diaryl/α,β-unsaturated/α-hetero) is 1. The van der Waals surface area contributed by atoms with Crippen LogP contribution in [0.5, 0.6) is 0 Å². The summed E-state index contributed by atoms with van der Waals surface area (Å²) in [5.74, 6) is -1.58. The van der Waals surface area contributed by atoms with E-state index in [1.807, 2.05) is 30.3 Å². The van der Waals surface area contributed by atoms with E-state index in [1.54, 1.807) is 12.1 Å². The molecule has 126 valence electrons. The highest BCUT2D eigenvalue weighted by molar-refractivity contribution is 7.85. The summed E-state index contributed by atoms with van der Waals surface area (Å²) >= 11 is 0. The number of primary amides is 1. The van der Waals surface area contributed by atoms with E-state index in [9.17, 15) is 18.0 Å². The number of carbonyl (C=O) groups is 2. The Labute approximate surface area is 140 Å². The molecule has 2 rings (SSSR count). The Bertz CT molecular complexity index is 860. The lowest BCUT2D eigenvalue weighted by atomic mass is 9.95. The highest BCUT2D eigenvalue weighted by Gasteiger charge is 2.14. The van der Waals surface area contributed by atoms with E-state index in [-0.39, 0.29) is 18.6 Å². The molecule has 2 aromatic carbocycles. The molecule has 0 fully saturated rings. The van der Waals surface area contributed by atoms with E-state index < -0.39 is 21.8 Å². The third-order valence-electron chi connectivity index (χ3n) is 3.47. The third kappa shape index (κ3) is 5.00. The van der Waals surface area contributed by atoms with Gasteiger partial charge in [-0.1, -0.05) is 42.5 Å². The number of rotatable bonds is 7. The monoisotopic (exact) mass is 347 g/mol. The molecule has 0 aliphatic rings. The van der Waals surface area contributed by atoms with E-state index in [0.29, 0.717) is 16.7 Å². The lowest BCUT2D eigenvalue weighted by Gasteiger charge is -2.09. The maximum Gasteiger partial charge on any atom is 0.265 e. The van der Waals surface area contributed by atoms with Crippen LogP contribution in [-0.4, -0.2) is 30.4 Å². The van der Waals surface area contributed by atoms with E-state index in [1.165, 1.54) is 6.07 Å². The van der Waals surface area contributed by atoms with Gasteiger partial charge in [-0.15, -0.1) is 0 Å². The van der Waals surface area contributed by atoms with Gasteiger partial charge < -0.3 is 5.73 Å². The van der Waals surface area contributed by atoms with Gasteiger partial charge in [0, 0.05) is 18.4 Å². The van der Waals surface area contributed by atoms with E-state index >= 15 is 0 Å². The largest absolute Gasteiger partial charge is 0.366 e. The summed E-state index contributed by atoms with van der Waals surface area (Å²) in [7, 11) is -4.17. The van der Waals surface area contributed by atoms with Crippen LogP contribution in [0.25, 0.3) is 11.1 Å². The first-order valence-electron chi connectivity index (χ1n) is 7.21. The molecule has 0 radical (unpaired) electrons. The zero-order chi connectivity index (χ0) is 17.7. The fourth-order valence-electron chi connectivity index (χ4n) is 2.33. The molecule has 0 aliphatic heterocycles. The molecule has 0 aliphatic carbocycles. The number of ketones is 1. The molecule has 0 saturated heterocycles. The molecular formula is C17H17NO5S. The number of benzene rings is 2. The van der Waals surface area contributed by atoms with Crippen LogP contribution in [-0.2, 0) is 21.3 Å². The lowest BCUT2D eigenvalue weighted by Crippen LogP contribution is -2.14.